The predicted octanol–water partition coefficient (Wildman–Crippen LogP) is 3.00. The molecule has 2 rings (SSSR count). The summed E-state index contributed by atoms with van der Waals surface area (Å²) in [4.78, 5) is 14.2. The Morgan fingerprint density at radius 1 is 1.47 bits per heavy atom. The molecule has 0 spiro atoms. The molecule has 1 aliphatic heterocycles. The van der Waals surface area contributed by atoms with Gasteiger partial charge in [-0.3, -0.25) is 4.79 Å². The summed E-state index contributed by atoms with van der Waals surface area (Å²) in [5.74, 6) is 0.301. The van der Waals surface area contributed by atoms with Gasteiger partial charge in [0.1, 0.15) is 0 Å². The average molecular weight is 281 g/mol. The van der Waals surface area contributed by atoms with E-state index in [1.165, 1.54) is 0 Å². The molecule has 0 bridgehead atoms. The molecule has 19 heavy (non-hydrogen) atoms. The number of rotatable bonds is 2. The largest absolute Gasteiger partial charge is 0.315 e. The molecule has 1 aromatic rings. The van der Waals surface area contributed by atoms with Crippen molar-refractivity contribution >= 4 is 23.2 Å². The smallest absolute Gasteiger partial charge is 0.229 e. The SMILES string of the molecule is Cc1ccc(N(C)C(=O)[C@H]2CCN[C@@H](C)C2)cc1Cl. The van der Waals surface area contributed by atoms with E-state index in [0.29, 0.717) is 11.1 Å². The van der Waals surface area contributed by atoms with Crippen LogP contribution in [0.1, 0.15) is 25.3 Å². The van der Waals surface area contributed by atoms with Gasteiger partial charge in [0, 0.05) is 29.7 Å². The Kier molecular flexibility index (Phi) is 4.48. The Bertz CT molecular complexity index is 475. The van der Waals surface area contributed by atoms with Gasteiger partial charge < -0.3 is 10.2 Å². The number of nitrogens with one attached hydrogen (secondary N) is 1. The number of nitrogens with zero attached hydrogens (tertiary/aromatic N) is 1. The highest BCUT2D eigenvalue weighted by atomic mass is 35.5. The molecule has 2 atom stereocenters. The fourth-order valence-electron chi connectivity index (χ4n) is 2.55. The van der Waals surface area contributed by atoms with Crippen LogP contribution in [-0.4, -0.2) is 25.5 Å². The Hall–Kier alpha value is -1.06. The quantitative estimate of drug-likeness (QED) is 0.903. The van der Waals surface area contributed by atoms with Gasteiger partial charge in [0.2, 0.25) is 5.91 Å². The minimum Gasteiger partial charge on any atom is -0.315 e. The van der Waals surface area contributed by atoms with E-state index in [-0.39, 0.29) is 11.8 Å². The number of aryl methyl sites for hydroxylation is 1. The maximum atomic E-state index is 12.5. The van der Waals surface area contributed by atoms with Crippen LogP contribution in [0.5, 0.6) is 0 Å². The van der Waals surface area contributed by atoms with Crippen molar-refractivity contribution in [3.8, 4) is 0 Å². The van der Waals surface area contributed by atoms with Crippen LogP contribution >= 0.6 is 11.6 Å². The van der Waals surface area contributed by atoms with Crippen molar-refractivity contribution in [1.82, 2.24) is 5.32 Å². The Balaban J connectivity index is 2.11. The van der Waals surface area contributed by atoms with Crippen molar-refractivity contribution in [3.63, 3.8) is 0 Å². The average Bonchev–Trinajstić information content (AvgIpc) is 2.40. The Labute approximate surface area is 119 Å². The normalized spacial score (nSPS) is 23.2. The van der Waals surface area contributed by atoms with Gasteiger partial charge in [-0.05, 0) is 50.9 Å². The molecule has 1 amide bonds. The molecule has 4 heteroatoms. The molecule has 1 N–H and O–H groups in total. The van der Waals surface area contributed by atoms with E-state index in [1.807, 2.05) is 32.2 Å². The Morgan fingerprint density at radius 3 is 2.84 bits per heavy atom. The molecule has 3 nitrogen and oxygen atoms in total. The number of piperidine rings is 1. The van der Waals surface area contributed by atoms with Crippen molar-refractivity contribution in [3.05, 3.63) is 28.8 Å². The van der Waals surface area contributed by atoms with E-state index in [9.17, 15) is 4.79 Å². The number of hydrogen-bond donors (Lipinski definition) is 1. The van der Waals surface area contributed by atoms with Crippen molar-refractivity contribution < 1.29 is 4.79 Å². The molecule has 0 saturated carbocycles. The molecule has 1 fully saturated rings. The third-order valence-corrected chi connectivity index (χ3v) is 4.25. The number of anilines is 1. The minimum atomic E-state index is 0.112. The van der Waals surface area contributed by atoms with E-state index in [1.54, 1.807) is 4.90 Å². The van der Waals surface area contributed by atoms with Gasteiger partial charge in [-0.1, -0.05) is 17.7 Å². The van der Waals surface area contributed by atoms with Crippen LogP contribution in [0.3, 0.4) is 0 Å². The Morgan fingerprint density at radius 2 is 2.21 bits per heavy atom. The highest BCUT2D eigenvalue weighted by molar-refractivity contribution is 6.31. The lowest BCUT2D eigenvalue weighted by atomic mass is 9.92. The molecule has 1 aliphatic rings. The summed E-state index contributed by atoms with van der Waals surface area (Å²) in [6, 6.07) is 6.17. The van der Waals surface area contributed by atoms with Crippen LogP contribution in [0.4, 0.5) is 5.69 Å². The zero-order valence-corrected chi connectivity index (χ0v) is 12.5. The van der Waals surface area contributed by atoms with Crippen LogP contribution in [0.15, 0.2) is 18.2 Å². The minimum absolute atomic E-state index is 0.112. The topological polar surface area (TPSA) is 32.3 Å². The summed E-state index contributed by atoms with van der Waals surface area (Å²) >= 11 is 6.12. The van der Waals surface area contributed by atoms with Crippen molar-refractivity contribution in [2.75, 3.05) is 18.5 Å². The van der Waals surface area contributed by atoms with Crippen LogP contribution in [0.2, 0.25) is 5.02 Å². The molecule has 1 aromatic carbocycles. The molecule has 0 radical (unpaired) electrons. The number of hydrogen-bond acceptors (Lipinski definition) is 2. The maximum absolute atomic E-state index is 12.5. The molecular formula is C15H21ClN2O. The zero-order chi connectivity index (χ0) is 14.0. The first kappa shape index (κ1) is 14.4. The number of amides is 1. The zero-order valence-electron chi connectivity index (χ0n) is 11.7. The maximum Gasteiger partial charge on any atom is 0.229 e. The molecule has 0 aromatic heterocycles. The molecule has 0 unspecified atom stereocenters. The van der Waals surface area contributed by atoms with Crippen molar-refractivity contribution in [1.29, 1.82) is 0 Å². The first-order chi connectivity index (χ1) is 8.99. The van der Waals surface area contributed by atoms with Crippen LogP contribution in [-0.2, 0) is 4.79 Å². The molecule has 104 valence electrons. The fourth-order valence-corrected chi connectivity index (χ4v) is 2.72. The molecule has 0 aliphatic carbocycles. The molecule has 1 saturated heterocycles. The van der Waals surface area contributed by atoms with Gasteiger partial charge in [0.15, 0.2) is 0 Å². The number of carbonyl (C=O) groups excluding carboxylic acids is 1. The van der Waals surface area contributed by atoms with E-state index in [0.717, 1.165) is 30.6 Å². The van der Waals surface area contributed by atoms with E-state index >= 15 is 0 Å². The fraction of sp³-hybridized carbons (Fsp3) is 0.533. The van der Waals surface area contributed by atoms with Gasteiger partial charge in [-0.15, -0.1) is 0 Å². The van der Waals surface area contributed by atoms with Gasteiger partial charge in [0.25, 0.3) is 0 Å². The van der Waals surface area contributed by atoms with Crippen LogP contribution in [0, 0.1) is 12.8 Å². The second kappa shape index (κ2) is 5.93. The summed E-state index contributed by atoms with van der Waals surface area (Å²) in [7, 11) is 1.83. The molecule has 1 heterocycles. The third kappa shape index (κ3) is 3.28. The lowest BCUT2D eigenvalue weighted by Crippen LogP contribution is -2.43. The monoisotopic (exact) mass is 280 g/mol. The standard InChI is InChI=1S/C15H21ClN2O/c1-10-4-5-13(9-14(10)16)18(3)15(19)12-6-7-17-11(2)8-12/h4-5,9,11-12,17H,6-8H2,1-3H3/t11-,12-/m0/s1. The van der Waals surface area contributed by atoms with Crippen LogP contribution < -0.4 is 10.2 Å². The third-order valence-electron chi connectivity index (χ3n) is 3.85. The lowest BCUT2D eigenvalue weighted by Gasteiger charge is -2.30. The van der Waals surface area contributed by atoms with Gasteiger partial charge >= 0.3 is 0 Å². The summed E-state index contributed by atoms with van der Waals surface area (Å²) < 4.78 is 0. The lowest BCUT2D eigenvalue weighted by molar-refractivity contribution is -0.123. The van der Waals surface area contributed by atoms with Crippen LogP contribution in [0.25, 0.3) is 0 Å². The highest BCUT2D eigenvalue weighted by Crippen LogP contribution is 2.25. The summed E-state index contributed by atoms with van der Waals surface area (Å²) in [5, 5.41) is 4.07. The predicted molar refractivity (Wildman–Crippen MR) is 79.8 cm³/mol. The first-order valence-electron chi connectivity index (χ1n) is 6.76. The summed E-state index contributed by atoms with van der Waals surface area (Å²) in [6.45, 7) is 5.00. The summed E-state index contributed by atoms with van der Waals surface area (Å²) in [6.07, 6.45) is 1.82. The van der Waals surface area contributed by atoms with Gasteiger partial charge in [-0.2, -0.15) is 0 Å². The van der Waals surface area contributed by atoms with Gasteiger partial charge in [0.05, 0.1) is 0 Å². The van der Waals surface area contributed by atoms with E-state index in [2.05, 4.69) is 12.2 Å². The van der Waals surface area contributed by atoms with E-state index < -0.39 is 0 Å². The van der Waals surface area contributed by atoms with Crippen molar-refractivity contribution in [2.24, 2.45) is 5.92 Å². The highest BCUT2D eigenvalue weighted by Gasteiger charge is 2.27. The van der Waals surface area contributed by atoms with Gasteiger partial charge in [-0.25, -0.2) is 0 Å². The summed E-state index contributed by atoms with van der Waals surface area (Å²) in [5.41, 5.74) is 1.90. The first-order valence-corrected chi connectivity index (χ1v) is 7.14. The number of carbonyl (C=O) groups is 1. The van der Waals surface area contributed by atoms with Crippen molar-refractivity contribution in [2.45, 2.75) is 32.7 Å². The molecular weight excluding hydrogens is 260 g/mol. The second-order valence-corrected chi connectivity index (χ2v) is 5.81. The second-order valence-electron chi connectivity index (χ2n) is 5.41. The number of halogens is 1. The number of benzene rings is 1. The van der Waals surface area contributed by atoms with E-state index in [4.69, 9.17) is 11.6 Å².